The standard InChI is InChI=1S/C16H19N3O/c1-17-14-9-11-18-15(12-14)16(20)19-10-5-8-13-6-3-2-4-7-13/h2-4,6-7,9,11-12H,5,8,10H2,1H3,(H,17,18)(H,19,20). The molecular weight excluding hydrogens is 250 g/mol. The number of amides is 1. The molecule has 2 rings (SSSR count). The Morgan fingerprint density at radius 3 is 2.75 bits per heavy atom. The van der Waals surface area contributed by atoms with Crippen molar-refractivity contribution in [3.8, 4) is 0 Å². The van der Waals surface area contributed by atoms with E-state index in [0.717, 1.165) is 18.5 Å². The van der Waals surface area contributed by atoms with Crippen LogP contribution in [0.4, 0.5) is 5.69 Å². The number of anilines is 1. The molecule has 1 aromatic carbocycles. The minimum Gasteiger partial charge on any atom is -0.388 e. The number of carbonyl (C=O) groups is 1. The number of aryl methyl sites for hydroxylation is 1. The maximum Gasteiger partial charge on any atom is 0.269 e. The van der Waals surface area contributed by atoms with Gasteiger partial charge in [-0.3, -0.25) is 9.78 Å². The fourth-order valence-electron chi connectivity index (χ4n) is 1.94. The smallest absolute Gasteiger partial charge is 0.269 e. The SMILES string of the molecule is CNc1ccnc(C(=O)NCCCc2ccccc2)c1. The summed E-state index contributed by atoms with van der Waals surface area (Å²) in [5.74, 6) is -0.129. The van der Waals surface area contributed by atoms with Crippen LogP contribution in [0.25, 0.3) is 0 Å². The lowest BCUT2D eigenvalue weighted by Crippen LogP contribution is -2.25. The number of benzene rings is 1. The Balaban J connectivity index is 1.77. The molecule has 0 bridgehead atoms. The summed E-state index contributed by atoms with van der Waals surface area (Å²) in [6, 6.07) is 13.8. The molecule has 2 N–H and O–H groups in total. The normalized spacial score (nSPS) is 10.1. The molecule has 20 heavy (non-hydrogen) atoms. The Morgan fingerprint density at radius 2 is 2.00 bits per heavy atom. The molecule has 1 heterocycles. The lowest BCUT2D eigenvalue weighted by Gasteiger charge is -2.06. The molecule has 0 unspecified atom stereocenters. The summed E-state index contributed by atoms with van der Waals surface area (Å²) in [4.78, 5) is 16.0. The van der Waals surface area contributed by atoms with Crippen LogP contribution in [-0.2, 0) is 6.42 Å². The van der Waals surface area contributed by atoms with Crippen LogP contribution in [0.2, 0.25) is 0 Å². The second kappa shape index (κ2) is 7.28. The zero-order valence-electron chi connectivity index (χ0n) is 11.6. The van der Waals surface area contributed by atoms with Gasteiger partial charge in [-0.25, -0.2) is 0 Å². The van der Waals surface area contributed by atoms with E-state index in [9.17, 15) is 4.79 Å². The van der Waals surface area contributed by atoms with Crippen LogP contribution in [0.5, 0.6) is 0 Å². The molecule has 0 radical (unpaired) electrons. The minimum atomic E-state index is -0.129. The number of aromatic nitrogens is 1. The van der Waals surface area contributed by atoms with Gasteiger partial charge in [0, 0.05) is 25.5 Å². The number of hydrogen-bond acceptors (Lipinski definition) is 3. The summed E-state index contributed by atoms with van der Waals surface area (Å²) in [7, 11) is 1.82. The molecule has 4 heteroatoms. The van der Waals surface area contributed by atoms with Crippen LogP contribution in [0.3, 0.4) is 0 Å². The molecule has 0 aliphatic rings. The largest absolute Gasteiger partial charge is 0.388 e. The molecule has 0 aliphatic carbocycles. The molecule has 0 fully saturated rings. The molecular formula is C16H19N3O. The first-order valence-corrected chi connectivity index (χ1v) is 6.75. The number of rotatable bonds is 6. The molecule has 0 saturated carbocycles. The van der Waals surface area contributed by atoms with E-state index < -0.39 is 0 Å². The second-order valence-corrected chi connectivity index (χ2v) is 4.52. The molecule has 0 aliphatic heterocycles. The Bertz CT molecular complexity index is 555. The van der Waals surface area contributed by atoms with Crippen LogP contribution in [0, 0.1) is 0 Å². The van der Waals surface area contributed by atoms with E-state index >= 15 is 0 Å². The minimum absolute atomic E-state index is 0.129. The van der Waals surface area contributed by atoms with E-state index in [2.05, 4.69) is 27.8 Å². The topological polar surface area (TPSA) is 54.0 Å². The van der Waals surface area contributed by atoms with Crippen LogP contribution < -0.4 is 10.6 Å². The lowest BCUT2D eigenvalue weighted by atomic mass is 10.1. The van der Waals surface area contributed by atoms with Gasteiger partial charge in [-0.15, -0.1) is 0 Å². The maximum atomic E-state index is 11.9. The third kappa shape index (κ3) is 4.09. The van der Waals surface area contributed by atoms with Crippen molar-refractivity contribution in [1.29, 1.82) is 0 Å². The molecule has 0 atom stereocenters. The van der Waals surface area contributed by atoms with Crippen molar-refractivity contribution in [2.45, 2.75) is 12.8 Å². The van der Waals surface area contributed by atoms with Crippen LogP contribution >= 0.6 is 0 Å². The van der Waals surface area contributed by atoms with Crippen molar-refractivity contribution < 1.29 is 4.79 Å². The molecule has 0 saturated heterocycles. The highest BCUT2D eigenvalue weighted by molar-refractivity contribution is 5.93. The number of pyridine rings is 1. The quantitative estimate of drug-likeness (QED) is 0.792. The van der Waals surface area contributed by atoms with Gasteiger partial charge in [-0.05, 0) is 30.5 Å². The number of nitrogens with zero attached hydrogens (tertiary/aromatic N) is 1. The third-order valence-electron chi connectivity index (χ3n) is 3.05. The van der Waals surface area contributed by atoms with Crippen LogP contribution in [0.1, 0.15) is 22.5 Å². The third-order valence-corrected chi connectivity index (χ3v) is 3.05. The zero-order chi connectivity index (χ0) is 14.2. The molecule has 4 nitrogen and oxygen atoms in total. The van der Waals surface area contributed by atoms with Crippen molar-refractivity contribution >= 4 is 11.6 Å². The van der Waals surface area contributed by atoms with Gasteiger partial charge in [0.25, 0.3) is 5.91 Å². The summed E-state index contributed by atoms with van der Waals surface area (Å²) in [6.45, 7) is 0.652. The molecule has 104 valence electrons. The Labute approximate surface area is 119 Å². The fourth-order valence-corrected chi connectivity index (χ4v) is 1.94. The van der Waals surface area contributed by atoms with Gasteiger partial charge in [0.2, 0.25) is 0 Å². The summed E-state index contributed by atoms with van der Waals surface area (Å²) in [5, 5.41) is 5.88. The Hall–Kier alpha value is -2.36. The second-order valence-electron chi connectivity index (χ2n) is 4.52. The van der Waals surface area contributed by atoms with E-state index in [1.165, 1.54) is 5.56 Å². The first-order valence-electron chi connectivity index (χ1n) is 6.75. The fraction of sp³-hybridized carbons (Fsp3) is 0.250. The van der Waals surface area contributed by atoms with Crippen molar-refractivity contribution in [2.24, 2.45) is 0 Å². The van der Waals surface area contributed by atoms with Crippen molar-refractivity contribution in [3.63, 3.8) is 0 Å². The maximum absolute atomic E-state index is 11.9. The van der Waals surface area contributed by atoms with Gasteiger partial charge < -0.3 is 10.6 Å². The van der Waals surface area contributed by atoms with E-state index in [1.54, 1.807) is 12.3 Å². The van der Waals surface area contributed by atoms with Gasteiger partial charge in [0.1, 0.15) is 5.69 Å². The van der Waals surface area contributed by atoms with E-state index in [-0.39, 0.29) is 5.91 Å². The van der Waals surface area contributed by atoms with Crippen LogP contribution in [0.15, 0.2) is 48.7 Å². The number of carbonyl (C=O) groups excluding carboxylic acids is 1. The van der Waals surface area contributed by atoms with Gasteiger partial charge in [0.05, 0.1) is 0 Å². The molecule has 1 amide bonds. The Morgan fingerprint density at radius 1 is 1.20 bits per heavy atom. The van der Waals surface area contributed by atoms with Gasteiger partial charge >= 0.3 is 0 Å². The monoisotopic (exact) mass is 269 g/mol. The average Bonchev–Trinajstić information content (AvgIpc) is 2.52. The highest BCUT2D eigenvalue weighted by Crippen LogP contribution is 2.06. The number of hydrogen-bond donors (Lipinski definition) is 2. The van der Waals surface area contributed by atoms with Crippen molar-refractivity contribution in [2.75, 3.05) is 18.9 Å². The molecule has 2 aromatic rings. The van der Waals surface area contributed by atoms with E-state index in [1.807, 2.05) is 31.3 Å². The molecule has 1 aromatic heterocycles. The highest BCUT2D eigenvalue weighted by Gasteiger charge is 2.06. The summed E-state index contributed by atoms with van der Waals surface area (Å²) in [6.07, 6.45) is 3.51. The van der Waals surface area contributed by atoms with Gasteiger partial charge in [-0.1, -0.05) is 30.3 Å². The average molecular weight is 269 g/mol. The first-order chi connectivity index (χ1) is 9.79. The van der Waals surface area contributed by atoms with Crippen LogP contribution in [-0.4, -0.2) is 24.5 Å². The molecule has 0 spiro atoms. The predicted octanol–water partition coefficient (Wildman–Crippen LogP) is 2.49. The van der Waals surface area contributed by atoms with Gasteiger partial charge in [0.15, 0.2) is 0 Å². The van der Waals surface area contributed by atoms with Gasteiger partial charge in [-0.2, -0.15) is 0 Å². The summed E-state index contributed by atoms with van der Waals surface area (Å²) >= 11 is 0. The Kier molecular flexibility index (Phi) is 5.12. The van der Waals surface area contributed by atoms with E-state index in [4.69, 9.17) is 0 Å². The number of nitrogens with one attached hydrogen (secondary N) is 2. The lowest BCUT2D eigenvalue weighted by molar-refractivity contribution is 0.0948. The first kappa shape index (κ1) is 14.1. The predicted molar refractivity (Wildman–Crippen MR) is 80.9 cm³/mol. The summed E-state index contributed by atoms with van der Waals surface area (Å²) in [5.41, 5.74) is 2.61. The summed E-state index contributed by atoms with van der Waals surface area (Å²) < 4.78 is 0. The highest BCUT2D eigenvalue weighted by atomic mass is 16.1. The zero-order valence-corrected chi connectivity index (χ0v) is 11.6. The van der Waals surface area contributed by atoms with Crippen molar-refractivity contribution in [3.05, 3.63) is 59.9 Å². The van der Waals surface area contributed by atoms with Crippen molar-refractivity contribution in [1.82, 2.24) is 10.3 Å². The van der Waals surface area contributed by atoms with E-state index in [0.29, 0.717) is 12.2 Å².